The fourth-order valence-electron chi connectivity index (χ4n) is 1.84. The van der Waals surface area contributed by atoms with Gasteiger partial charge in [0.05, 0.1) is 9.21 Å². The van der Waals surface area contributed by atoms with Gasteiger partial charge in [0.2, 0.25) is 5.41 Å². The lowest BCUT2D eigenvalue weighted by atomic mass is 9.73. The highest BCUT2D eigenvalue weighted by atomic mass is 127. The summed E-state index contributed by atoms with van der Waals surface area (Å²) >= 11 is 0.955. The van der Waals surface area contributed by atoms with E-state index in [-0.39, 0.29) is 22.4 Å². The fourth-order valence-corrected chi connectivity index (χ4v) is 3.00. The smallest absolute Gasteiger partial charge is 0.344 e. The van der Waals surface area contributed by atoms with E-state index in [0.29, 0.717) is 0 Å². The minimum absolute atomic E-state index is 0.0513. The van der Waals surface area contributed by atoms with Crippen LogP contribution in [-0.2, 0) is 8.92 Å². The van der Waals surface area contributed by atoms with Crippen LogP contribution in [0.15, 0.2) is 12.7 Å². The standard InChI is InChI=1S/C9H8F9IO2S/c1-3-4-5(7(10,11)12,8(13,14)15)6(20-2,21-22-19)9(16,17)18/h3H,1,4H2,2H3. The number of rotatable bonds is 6. The molecule has 132 valence electrons. The van der Waals surface area contributed by atoms with Gasteiger partial charge in [-0.3, -0.25) is 4.18 Å². The minimum Gasteiger partial charge on any atom is -0.344 e. The average molecular weight is 478 g/mol. The van der Waals surface area contributed by atoms with Crippen molar-refractivity contribution in [3.05, 3.63) is 12.7 Å². The Morgan fingerprint density at radius 2 is 1.36 bits per heavy atom. The van der Waals surface area contributed by atoms with Crippen molar-refractivity contribution in [2.75, 3.05) is 7.11 Å². The number of alkyl halides is 9. The number of ether oxygens (including phenoxy) is 1. The third-order valence-electron chi connectivity index (χ3n) is 2.79. The van der Waals surface area contributed by atoms with Crippen LogP contribution in [0.1, 0.15) is 6.42 Å². The van der Waals surface area contributed by atoms with Gasteiger partial charge in [-0.1, -0.05) is 6.08 Å². The van der Waals surface area contributed by atoms with Crippen LogP contribution in [0.4, 0.5) is 39.5 Å². The molecule has 0 aromatic heterocycles. The van der Waals surface area contributed by atoms with Gasteiger partial charge in [-0.2, -0.15) is 39.5 Å². The van der Waals surface area contributed by atoms with E-state index in [4.69, 9.17) is 0 Å². The van der Waals surface area contributed by atoms with Gasteiger partial charge in [0, 0.05) is 28.3 Å². The molecule has 0 aromatic carbocycles. The molecule has 22 heavy (non-hydrogen) atoms. The van der Waals surface area contributed by atoms with Gasteiger partial charge in [-0.05, 0) is 6.42 Å². The highest BCUT2D eigenvalue weighted by molar-refractivity contribution is 14.2. The molecule has 0 saturated carbocycles. The van der Waals surface area contributed by atoms with Crippen LogP contribution in [-0.4, -0.2) is 31.4 Å². The summed E-state index contributed by atoms with van der Waals surface area (Å²) in [5.41, 5.74) is -5.39. The maximum Gasteiger partial charge on any atom is 0.445 e. The third kappa shape index (κ3) is 3.31. The zero-order chi connectivity index (χ0) is 18.0. The number of methoxy groups -OCH3 is 1. The number of hydrogen-bond donors (Lipinski definition) is 0. The monoisotopic (exact) mass is 478 g/mol. The molecule has 1 atom stereocenters. The first-order valence-electron chi connectivity index (χ1n) is 5.01. The molecule has 0 saturated heterocycles. The van der Waals surface area contributed by atoms with Gasteiger partial charge in [0.15, 0.2) is 0 Å². The molecule has 0 bridgehead atoms. The number of hydrogen-bond acceptors (Lipinski definition) is 3. The maximum absolute atomic E-state index is 13.2. The van der Waals surface area contributed by atoms with Crippen LogP contribution in [0.25, 0.3) is 0 Å². The minimum atomic E-state index is -6.39. The molecule has 0 rings (SSSR count). The van der Waals surface area contributed by atoms with Crippen molar-refractivity contribution in [2.24, 2.45) is 5.41 Å². The van der Waals surface area contributed by atoms with Crippen LogP contribution in [0.2, 0.25) is 0 Å². The zero-order valence-electron chi connectivity index (χ0n) is 10.5. The quantitative estimate of drug-likeness (QED) is 0.163. The van der Waals surface area contributed by atoms with E-state index in [1.165, 1.54) is 0 Å². The van der Waals surface area contributed by atoms with Crippen molar-refractivity contribution in [1.82, 2.24) is 0 Å². The lowest BCUT2D eigenvalue weighted by Crippen LogP contribution is -2.71. The Morgan fingerprint density at radius 3 is 1.55 bits per heavy atom. The van der Waals surface area contributed by atoms with Crippen molar-refractivity contribution < 1.29 is 48.4 Å². The molecule has 0 aliphatic heterocycles. The van der Waals surface area contributed by atoms with E-state index in [1.807, 2.05) is 0 Å². The summed E-state index contributed by atoms with van der Waals surface area (Å²) in [6.45, 7) is 2.68. The van der Waals surface area contributed by atoms with E-state index < -0.39 is 36.2 Å². The molecule has 0 aromatic rings. The summed E-state index contributed by atoms with van der Waals surface area (Å²) < 4.78 is 126. The maximum atomic E-state index is 13.2. The Hall–Kier alpha value is 0.110. The SMILES string of the molecule is C=CCC(C(F)(F)F)(C(F)(F)F)C(OC)(OSI)C(F)(F)F. The van der Waals surface area contributed by atoms with Gasteiger partial charge in [0.25, 0.3) is 0 Å². The van der Waals surface area contributed by atoms with E-state index in [1.54, 1.807) is 0 Å². The Labute approximate surface area is 135 Å². The van der Waals surface area contributed by atoms with Gasteiger partial charge >= 0.3 is 24.3 Å². The first-order valence-corrected chi connectivity index (χ1v) is 8.29. The molecular formula is C9H8F9IO2S. The van der Waals surface area contributed by atoms with Crippen molar-refractivity contribution in [3.8, 4) is 0 Å². The molecule has 0 amide bonds. The predicted molar refractivity (Wildman–Crippen MR) is 67.8 cm³/mol. The van der Waals surface area contributed by atoms with Gasteiger partial charge in [-0.15, -0.1) is 6.58 Å². The van der Waals surface area contributed by atoms with E-state index in [9.17, 15) is 39.5 Å². The molecule has 0 aliphatic carbocycles. The third-order valence-corrected chi connectivity index (χ3v) is 3.63. The van der Waals surface area contributed by atoms with Crippen LogP contribution >= 0.6 is 30.4 Å². The second-order valence-corrected chi connectivity index (χ2v) is 5.23. The number of halogens is 10. The Kier molecular flexibility index (Phi) is 6.96. The zero-order valence-corrected chi connectivity index (χ0v) is 13.5. The fraction of sp³-hybridized carbons (Fsp3) is 0.778. The summed E-state index contributed by atoms with van der Waals surface area (Å²) in [5, 5.41) is 0. The normalized spacial score (nSPS) is 17.2. The molecular weight excluding hydrogens is 470 g/mol. The van der Waals surface area contributed by atoms with Crippen LogP contribution in [0.3, 0.4) is 0 Å². The molecule has 0 fully saturated rings. The molecule has 0 N–H and O–H groups in total. The second kappa shape index (κ2) is 6.93. The molecule has 2 nitrogen and oxygen atoms in total. The van der Waals surface area contributed by atoms with Crippen LogP contribution in [0.5, 0.6) is 0 Å². The molecule has 1 unspecified atom stereocenters. The average Bonchev–Trinajstić information content (AvgIpc) is 2.28. The topological polar surface area (TPSA) is 18.5 Å². The van der Waals surface area contributed by atoms with Crippen LogP contribution < -0.4 is 0 Å². The summed E-state index contributed by atoms with van der Waals surface area (Å²) in [6, 6.07) is 0. The second-order valence-electron chi connectivity index (χ2n) is 3.86. The largest absolute Gasteiger partial charge is 0.445 e. The molecule has 0 aliphatic rings. The van der Waals surface area contributed by atoms with Gasteiger partial charge in [-0.25, -0.2) is 0 Å². The highest BCUT2D eigenvalue weighted by Gasteiger charge is 2.87. The van der Waals surface area contributed by atoms with Crippen LogP contribution in [0, 0.1) is 5.41 Å². The first kappa shape index (κ1) is 22.1. The molecule has 13 heteroatoms. The van der Waals surface area contributed by atoms with Gasteiger partial charge < -0.3 is 4.74 Å². The predicted octanol–water partition coefficient (Wildman–Crippen LogP) is 5.59. The summed E-state index contributed by atoms with van der Waals surface area (Å²) in [5.74, 6) is -5.00. The Morgan fingerprint density at radius 1 is 0.955 bits per heavy atom. The lowest BCUT2D eigenvalue weighted by molar-refractivity contribution is -0.479. The van der Waals surface area contributed by atoms with Crippen molar-refractivity contribution in [1.29, 1.82) is 0 Å². The molecule has 0 heterocycles. The Bertz CT molecular complexity index is 378. The van der Waals surface area contributed by atoms with E-state index >= 15 is 0 Å². The Balaban J connectivity index is 6.88. The number of allylic oxidation sites excluding steroid dienone is 1. The summed E-state index contributed by atoms with van der Waals surface area (Å²) in [6.07, 6.45) is -21.0. The van der Waals surface area contributed by atoms with Crippen molar-refractivity contribution in [2.45, 2.75) is 30.7 Å². The van der Waals surface area contributed by atoms with Crippen molar-refractivity contribution in [3.63, 3.8) is 0 Å². The molecule has 0 radical (unpaired) electrons. The van der Waals surface area contributed by atoms with E-state index in [0.717, 1.165) is 21.2 Å². The lowest BCUT2D eigenvalue weighted by Gasteiger charge is -2.48. The summed E-state index contributed by atoms with van der Waals surface area (Å²) in [7, 11) is -0.313. The summed E-state index contributed by atoms with van der Waals surface area (Å²) in [4.78, 5) is 0. The first-order chi connectivity index (χ1) is 9.68. The van der Waals surface area contributed by atoms with Gasteiger partial charge in [0.1, 0.15) is 0 Å². The van der Waals surface area contributed by atoms with Crippen molar-refractivity contribution >= 4 is 30.4 Å². The van der Waals surface area contributed by atoms with E-state index in [2.05, 4.69) is 15.5 Å². The molecule has 0 spiro atoms. The highest BCUT2D eigenvalue weighted by Crippen LogP contribution is 2.65.